The van der Waals surface area contributed by atoms with Gasteiger partial charge in [0.1, 0.15) is 23.0 Å². The summed E-state index contributed by atoms with van der Waals surface area (Å²) in [5.74, 6) is 1.79. The van der Waals surface area contributed by atoms with E-state index in [2.05, 4.69) is 5.32 Å². The van der Waals surface area contributed by atoms with Crippen molar-refractivity contribution in [3.05, 3.63) is 71.2 Å². The van der Waals surface area contributed by atoms with E-state index in [9.17, 15) is 9.59 Å². The van der Waals surface area contributed by atoms with Crippen LogP contribution in [0.25, 0.3) is 0 Å². The molecule has 0 unspecified atom stereocenters. The van der Waals surface area contributed by atoms with Crippen LogP contribution in [0.5, 0.6) is 23.0 Å². The van der Waals surface area contributed by atoms with Crippen LogP contribution in [-0.2, 0) is 4.79 Å². The molecule has 0 atom stereocenters. The van der Waals surface area contributed by atoms with Crippen LogP contribution in [0.4, 0.5) is 11.4 Å². The number of methoxy groups -OCH3 is 2. The van der Waals surface area contributed by atoms with E-state index >= 15 is 0 Å². The minimum Gasteiger partial charge on any atom is -0.497 e. The number of fused-ring (bicyclic) bond motifs is 1. The fourth-order valence-corrected chi connectivity index (χ4v) is 3.74. The van der Waals surface area contributed by atoms with Gasteiger partial charge in [-0.15, -0.1) is 0 Å². The second-order valence-corrected chi connectivity index (χ2v) is 8.16. The molecule has 3 aromatic rings. The Kier molecular flexibility index (Phi) is 7.62. The molecule has 1 N–H and O–H groups in total. The maximum Gasteiger partial charge on any atom is 0.265 e. The van der Waals surface area contributed by atoms with Crippen molar-refractivity contribution in [3.63, 3.8) is 0 Å². The first kappa shape index (κ1) is 24.2. The number of halogens is 1. The quantitative estimate of drug-likeness (QED) is 0.428. The lowest BCUT2D eigenvalue weighted by Crippen LogP contribution is -2.39. The van der Waals surface area contributed by atoms with Crippen molar-refractivity contribution in [1.29, 1.82) is 0 Å². The summed E-state index contributed by atoms with van der Waals surface area (Å²) in [6.07, 6.45) is 0.605. The van der Waals surface area contributed by atoms with Gasteiger partial charge < -0.3 is 29.2 Å². The third-order valence-corrected chi connectivity index (χ3v) is 5.63. The van der Waals surface area contributed by atoms with Crippen LogP contribution in [0, 0.1) is 0 Å². The number of nitrogens with one attached hydrogen (secondary N) is 1. The van der Waals surface area contributed by atoms with Gasteiger partial charge in [-0.2, -0.15) is 0 Å². The Morgan fingerprint density at radius 2 is 1.71 bits per heavy atom. The molecule has 0 saturated heterocycles. The Labute approximate surface area is 208 Å². The molecule has 0 saturated carbocycles. The Bertz CT molecular complexity index is 1190. The van der Waals surface area contributed by atoms with Crippen molar-refractivity contribution in [2.45, 2.75) is 6.42 Å². The topological polar surface area (TPSA) is 86.3 Å². The van der Waals surface area contributed by atoms with Gasteiger partial charge in [0.05, 0.1) is 26.5 Å². The van der Waals surface area contributed by atoms with Crippen LogP contribution in [0.2, 0.25) is 5.02 Å². The highest BCUT2D eigenvalue weighted by Gasteiger charge is 2.26. The Morgan fingerprint density at radius 1 is 1.00 bits per heavy atom. The highest BCUT2D eigenvalue weighted by molar-refractivity contribution is 6.30. The fraction of sp³-hybridized carbons (Fsp3) is 0.231. The molecule has 8 nitrogen and oxygen atoms in total. The zero-order valence-electron chi connectivity index (χ0n) is 19.4. The summed E-state index contributed by atoms with van der Waals surface area (Å²) >= 11 is 5.90. The van der Waals surface area contributed by atoms with Crippen LogP contribution in [0.3, 0.4) is 0 Å². The van der Waals surface area contributed by atoms with Gasteiger partial charge in [0, 0.05) is 28.9 Å². The summed E-state index contributed by atoms with van der Waals surface area (Å²) in [4.78, 5) is 27.1. The number of hydrogen-bond acceptors (Lipinski definition) is 6. The highest BCUT2D eigenvalue weighted by Crippen LogP contribution is 2.35. The maximum atomic E-state index is 12.9. The minimum atomic E-state index is -0.340. The van der Waals surface area contributed by atoms with Crippen molar-refractivity contribution in [2.24, 2.45) is 0 Å². The number of amides is 2. The van der Waals surface area contributed by atoms with Crippen LogP contribution >= 0.6 is 11.6 Å². The number of carbonyl (C=O) groups excluding carboxylic acids is 2. The Morgan fingerprint density at radius 3 is 2.40 bits per heavy atom. The largest absolute Gasteiger partial charge is 0.497 e. The molecule has 9 heteroatoms. The van der Waals surface area contributed by atoms with E-state index in [-0.39, 0.29) is 18.4 Å². The molecule has 0 fully saturated rings. The van der Waals surface area contributed by atoms with E-state index in [1.54, 1.807) is 65.6 Å². The lowest BCUT2D eigenvalue weighted by atomic mass is 10.1. The Hall–Kier alpha value is -3.91. The van der Waals surface area contributed by atoms with E-state index in [4.69, 9.17) is 30.5 Å². The minimum absolute atomic E-state index is 0.0413. The zero-order valence-corrected chi connectivity index (χ0v) is 20.1. The monoisotopic (exact) mass is 496 g/mol. The summed E-state index contributed by atoms with van der Waals surface area (Å²) < 4.78 is 21.8. The number of nitrogens with zero attached hydrogens (tertiary/aromatic N) is 1. The van der Waals surface area contributed by atoms with Crippen molar-refractivity contribution in [1.82, 2.24) is 0 Å². The molecule has 3 aromatic carbocycles. The lowest BCUT2D eigenvalue weighted by molar-refractivity contribution is -0.121. The summed E-state index contributed by atoms with van der Waals surface area (Å²) in [7, 11) is 3.04. The van der Waals surface area contributed by atoms with E-state index in [0.29, 0.717) is 64.5 Å². The third-order valence-electron chi connectivity index (χ3n) is 5.38. The van der Waals surface area contributed by atoms with E-state index in [0.717, 1.165) is 0 Å². The third kappa shape index (κ3) is 5.96. The maximum absolute atomic E-state index is 12.9. The molecule has 1 heterocycles. The normalized spacial score (nSPS) is 12.4. The number of ether oxygens (including phenoxy) is 4. The molecular weight excluding hydrogens is 472 g/mol. The standard InChI is InChI=1S/C26H25ClN2O6/c1-32-21-12-17(13-22(15-21)33-2)26(31)28-19-6-9-24-23(14-19)29(25(30)16-35-24)10-3-11-34-20-7-4-18(27)5-8-20/h4-9,12-15H,3,10-11,16H2,1-2H3,(H,28,31). The molecule has 1 aliphatic heterocycles. The Balaban J connectivity index is 1.44. The fourth-order valence-electron chi connectivity index (χ4n) is 3.61. The average molecular weight is 497 g/mol. The molecule has 0 bridgehead atoms. The summed E-state index contributed by atoms with van der Waals surface area (Å²) in [6.45, 7) is 0.823. The van der Waals surface area contributed by atoms with Crippen LogP contribution in [0.1, 0.15) is 16.8 Å². The van der Waals surface area contributed by atoms with Crippen molar-refractivity contribution in [2.75, 3.05) is 44.2 Å². The zero-order chi connectivity index (χ0) is 24.8. The van der Waals surface area contributed by atoms with Crippen molar-refractivity contribution >= 4 is 34.8 Å². The van der Waals surface area contributed by atoms with Gasteiger partial charge >= 0.3 is 0 Å². The number of hydrogen-bond donors (Lipinski definition) is 1. The molecule has 0 radical (unpaired) electrons. The molecular formula is C26H25ClN2O6. The van der Waals surface area contributed by atoms with Crippen molar-refractivity contribution < 1.29 is 28.5 Å². The van der Waals surface area contributed by atoms with Crippen LogP contribution < -0.4 is 29.2 Å². The van der Waals surface area contributed by atoms with Gasteiger partial charge in [-0.3, -0.25) is 9.59 Å². The molecule has 0 aliphatic carbocycles. The van der Waals surface area contributed by atoms with Crippen LogP contribution in [-0.4, -0.2) is 45.8 Å². The number of benzene rings is 3. The molecule has 1 aliphatic rings. The molecule has 35 heavy (non-hydrogen) atoms. The predicted molar refractivity (Wildman–Crippen MR) is 133 cm³/mol. The molecule has 2 amide bonds. The number of anilines is 2. The first-order chi connectivity index (χ1) is 17.0. The SMILES string of the molecule is COc1cc(OC)cc(C(=O)Nc2ccc3c(c2)N(CCCOc2ccc(Cl)cc2)C(=O)CO3)c1. The summed E-state index contributed by atoms with van der Waals surface area (Å²) in [5, 5.41) is 3.50. The van der Waals surface area contributed by atoms with Gasteiger partial charge in [-0.1, -0.05) is 11.6 Å². The second kappa shape index (κ2) is 11.0. The number of carbonyl (C=O) groups is 2. The van der Waals surface area contributed by atoms with Crippen molar-refractivity contribution in [3.8, 4) is 23.0 Å². The first-order valence-corrected chi connectivity index (χ1v) is 11.3. The molecule has 0 spiro atoms. The van der Waals surface area contributed by atoms with Gasteiger partial charge in [0.15, 0.2) is 6.61 Å². The summed E-state index contributed by atoms with van der Waals surface area (Å²) in [5.41, 5.74) is 1.49. The summed E-state index contributed by atoms with van der Waals surface area (Å²) in [6, 6.07) is 17.2. The molecule has 182 valence electrons. The van der Waals surface area contributed by atoms with Gasteiger partial charge in [-0.25, -0.2) is 0 Å². The molecule has 0 aromatic heterocycles. The number of rotatable bonds is 9. The van der Waals surface area contributed by atoms with Gasteiger partial charge in [0.25, 0.3) is 11.8 Å². The molecule has 4 rings (SSSR count). The highest BCUT2D eigenvalue weighted by atomic mass is 35.5. The van der Waals surface area contributed by atoms with E-state index in [1.165, 1.54) is 14.2 Å². The predicted octanol–water partition coefficient (Wildman–Crippen LogP) is 4.80. The lowest BCUT2D eigenvalue weighted by Gasteiger charge is -2.30. The smallest absolute Gasteiger partial charge is 0.265 e. The van der Waals surface area contributed by atoms with E-state index in [1.807, 2.05) is 0 Å². The van der Waals surface area contributed by atoms with Gasteiger partial charge in [0.2, 0.25) is 0 Å². The van der Waals surface area contributed by atoms with E-state index < -0.39 is 0 Å². The first-order valence-electron chi connectivity index (χ1n) is 11.0. The average Bonchev–Trinajstić information content (AvgIpc) is 2.88. The second-order valence-electron chi connectivity index (χ2n) is 7.73. The van der Waals surface area contributed by atoms with Crippen LogP contribution in [0.15, 0.2) is 60.7 Å². The van der Waals surface area contributed by atoms with Gasteiger partial charge in [-0.05, 0) is 61.0 Å².